The molecule has 206 valence electrons. The predicted molar refractivity (Wildman–Crippen MR) is 155 cm³/mol. The molecular weight excluding hydrogens is 513 g/mol. The molecule has 0 unspecified atom stereocenters. The molecule has 2 saturated carbocycles. The number of ketones is 1. The number of pyridine rings is 1. The Morgan fingerprint density at radius 2 is 1.72 bits per heavy atom. The molecule has 1 saturated heterocycles. The van der Waals surface area contributed by atoms with Crippen LogP contribution in [0.3, 0.4) is 0 Å². The Morgan fingerprint density at radius 1 is 0.974 bits per heavy atom. The lowest BCUT2D eigenvalue weighted by atomic mass is 9.96. The lowest BCUT2D eigenvalue weighted by Crippen LogP contribution is -2.47. The maximum absolute atomic E-state index is 14.3. The van der Waals surface area contributed by atoms with Crippen LogP contribution in [0.2, 0.25) is 5.02 Å². The molecule has 2 aromatic carbocycles. The average Bonchev–Trinajstić information content (AvgIpc) is 3.82. The van der Waals surface area contributed by atoms with Crippen LogP contribution in [0.15, 0.2) is 36.5 Å². The van der Waals surface area contributed by atoms with Crippen LogP contribution in [-0.4, -0.2) is 53.5 Å². The molecule has 0 amide bonds. The molecule has 0 spiro atoms. The summed E-state index contributed by atoms with van der Waals surface area (Å²) in [7, 11) is 0. The zero-order chi connectivity index (χ0) is 26.9. The van der Waals surface area contributed by atoms with E-state index in [1.54, 1.807) is 12.3 Å². The fraction of sp³-hybridized carbons (Fsp3) is 0.500. The first kappa shape index (κ1) is 26.5. The Bertz CT molecular complexity index is 1340. The van der Waals surface area contributed by atoms with E-state index in [4.69, 9.17) is 11.6 Å². The van der Waals surface area contributed by atoms with Gasteiger partial charge >= 0.3 is 0 Å². The van der Waals surface area contributed by atoms with Crippen molar-refractivity contribution in [3.8, 4) is 16.9 Å². The maximum atomic E-state index is 14.3. The molecule has 0 atom stereocenters. The summed E-state index contributed by atoms with van der Waals surface area (Å²) in [6.45, 7) is 4.83. The first-order chi connectivity index (χ1) is 19.0. The Labute approximate surface area is 235 Å². The monoisotopic (exact) mass is 549 g/mol. The topological polar surface area (TPSA) is 56.7 Å². The molecule has 1 N–H and O–H groups in total. The van der Waals surface area contributed by atoms with Gasteiger partial charge in [0.05, 0.1) is 21.8 Å². The number of benzene rings is 2. The van der Waals surface area contributed by atoms with Gasteiger partial charge in [-0.1, -0.05) is 56.2 Å². The fourth-order valence-electron chi connectivity index (χ4n) is 6.39. The molecule has 3 aliphatic rings. The molecule has 2 heterocycles. The highest BCUT2D eigenvalue weighted by Gasteiger charge is 2.34. The van der Waals surface area contributed by atoms with Crippen molar-refractivity contribution in [3.63, 3.8) is 0 Å². The zero-order valence-corrected chi connectivity index (χ0v) is 23.2. The van der Waals surface area contributed by atoms with Crippen LogP contribution in [-0.2, 0) is 0 Å². The van der Waals surface area contributed by atoms with E-state index in [2.05, 4.69) is 14.8 Å². The Kier molecular flexibility index (Phi) is 7.77. The van der Waals surface area contributed by atoms with E-state index in [1.807, 2.05) is 18.2 Å². The van der Waals surface area contributed by atoms with Crippen LogP contribution in [0.5, 0.6) is 5.75 Å². The Balaban J connectivity index is 1.28. The molecular formula is C32H37ClFN3O2. The number of carbonyl (C=O) groups excluding carboxylic acids is 1. The number of piperazine rings is 1. The van der Waals surface area contributed by atoms with Crippen molar-refractivity contribution in [1.29, 1.82) is 0 Å². The van der Waals surface area contributed by atoms with Crippen LogP contribution in [0.25, 0.3) is 22.0 Å². The quantitative estimate of drug-likeness (QED) is 0.244. The number of hydrogen-bond acceptors (Lipinski definition) is 5. The summed E-state index contributed by atoms with van der Waals surface area (Å²) in [5.74, 6) is -0.156. The van der Waals surface area contributed by atoms with Crippen molar-refractivity contribution in [2.45, 2.75) is 57.8 Å². The predicted octanol–water partition coefficient (Wildman–Crippen LogP) is 7.48. The number of aromatic hydroxyl groups is 1. The van der Waals surface area contributed by atoms with Crippen LogP contribution in [0, 0.1) is 17.7 Å². The number of carbonyl (C=O) groups is 1. The van der Waals surface area contributed by atoms with Gasteiger partial charge < -0.3 is 10.0 Å². The van der Waals surface area contributed by atoms with Crippen molar-refractivity contribution >= 4 is 34.0 Å². The summed E-state index contributed by atoms with van der Waals surface area (Å²) in [6, 6.07) is 8.65. The van der Waals surface area contributed by atoms with Gasteiger partial charge in [0.2, 0.25) is 0 Å². The number of Topliss-reactive ketones (excluding diaryl/α,β-unsaturated/α-hetero) is 1. The van der Waals surface area contributed by atoms with Crippen LogP contribution in [0.4, 0.5) is 10.1 Å². The first-order valence-electron chi connectivity index (χ1n) is 14.6. The summed E-state index contributed by atoms with van der Waals surface area (Å²) in [5.41, 5.74) is 3.80. The first-order valence-corrected chi connectivity index (χ1v) is 15.0. The summed E-state index contributed by atoms with van der Waals surface area (Å²) in [6.07, 6.45) is 13.3. The van der Waals surface area contributed by atoms with Crippen molar-refractivity contribution in [3.05, 3.63) is 52.9 Å². The molecule has 39 heavy (non-hydrogen) atoms. The summed E-state index contributed by atoms with van der Waals surface area (Å²) >= 11 is 6.09. The minimum absolute atomic E-state index is 0.0268. The van der Waals surface area contributed by atoms with Crippen molar-refractivity contribution in [2.24, 2.45) is 11.8 Å². The van der Waals surface area contributed by atoms with E-state index in [0.717, 1.165) is 73.6 Å². The van der Waals surface area contributed by atoms with Crippen LogP contribution in [0.1, 0.15) is 68.1 Å². The zero-order valence-electron chi connectivity index (χ0n) is 22.5. The van der Waals surface area contributed by atoms with Gasteiger partial charge in [0.15, 0.2) is 17.3 Å². The van der Waals surface area contributed by atoms with E-state index in [1.165, 1.54) is 51.0 Å². The maximum Gasteiger partial charge on any atom is 0.170 e. The summed E-state index contributed by atoms with van der Waals surface area (Å²) in [4.78, 5) is 23.0. The number of phenols is 1. The Hall–Kier alpha value is -2.70. The van der Waals surface area contributed by atoms with E-state index in [9.17, 15) is 14.3 Å². The molecule has 3 fully saturated rings. The van der Waals surface area contributed by atoms with Crippen molar-refractivity contribution in [2.75, 3.05) is 37.6 Å². The Morgan fingerprint density at radius 3 is 2.41 bits per heavy atom. The van der Waals surface area contributed by atoms with Crippen LogP contribution >= 0.6 is 11.6 Å². The highest BCUT2D eigenvalue weighted by Crippen LogP contribution is 2.40. The average molecular weight is 550 g/mol. The number of halogens is 2. The number of phenolic OH excluding ortho intramolecular Hbond substituents is 1. The second kappa shape index (κ2) is 11.4. The highest BCUT2D eigenvalue weighted by molar-refractivity contribution is 6.32. The third-order valence-corrected chi connectivity index (χ3v) is 9.21. The molecule has 5 nitrogen and oxygen atoms in total. The number of nitrogens with zero attached hydrogens (tertiary/aromatic N) is 3. The summed E-state index contributed by atoms with van der Waals surface area (Å²) < 4.78 is 14.3. The molecule has 1 aliphatic heterocycles. The van der Waals surface area contributed by atoms with E-state index < -0.39 is 11.6 Å². The van der Waals surface area contributed by atoms with Crippen molar-refractivity contribution < 1.29 is 14.3 Å². The van der Waals surface area contributed by atoms with Gasteiger partial charge in [-0.3, -0.25) is 14.7 Å². The minimum Gasteiger partial charge on any atom is -0.504 e. The van der Waals surface area contributed by atoms with Gasteiger partial charge in [0.1, 0.15) is 0 Å². The molecule has 0 bridgehead atoms. The second-order valence-electron chi connectivity index (χ2n) is 11.7. The van der Waals surface area contributed by atoms with Gasteiger partial charge in [-0.15, -0.1) is 0 Å². The van der Waals surface area contributed by atoms with E-state index >= 15 is 0 Å². The number of anilines is 1. The molecule has 3 aromatic rings. The number of rotatable bonds is 7. The van der Waals surface area contributed by atoms with Gasteiger partial charge in [0.25, 0.3) is 0 Å². The fourth-order valence-corrected chi connectivity index (χ4v) is 6.60. The van der Waals surface area contributed by atoms with Gasteiger partial charge in [-0.05, 0) is 67.1 Å². The molecule has 2 aliphatic carbocycles. The molecule has 7 heteroatoms. The molecule has 6 rings (SSSR count). The largest absolute Gasteiger partial charge is 0.504 e. The number of fused-ring (bicyclic) bond motifs is 1. The van der Waals surface area contributed by atoms with Gasteiger partial charge in [-0.2, -0.15) is 0 Å². The lowest BCUT2D eigenvalue weighted by molar-refractivity contribution is 0.0967. The second-order valence-corrected chi connectivity index (χ2v) is 12.1. The number of aromatic nitrogens is 1. The lowest BCUT2D eigenvalue weighted by Gasteiger charge is -2.38. The SMILES string of the molecule is O=C(c1cnc2ccc(-c3cc(F)c(O)c(Cl)c3)cc2c1N1CCN(CCC2CCCCCC2)CC1)C1CC1. The minimum atomic E-state index is -0.756. The normalized spacial score (nSPS) is 19.4. The van der Waals surface area contributed by atoms with Crippen molar-refractivity contribution in [1.82, 2.24) is 9.88 Å². The van der Waals surface area contributed by atoms with Crippen LogP contribution < -0.4 is 4.90 Å². The molecule has 0 radical (unpaired) electrons. The third kappa shape index (κ3) is 5.78. The standard InChI is InChI=1S/C32H37ClFN3O2/c33-27-18-24(19-28(34)32(27)39)23-9-10-29-25(17-23)30(26(20-35-29)31(38)22-7-8-22)37-15-13-36(14-16-37)12-11-21-5-3-1-2-4-6-21/h9-10,17-22,39H,1-8,11-16H2. The number of hydrogen-bond donors (Lipinski definition) is 1. The summed E-state index contributed by atoms with van der Waals surface area (Å²) in [5, 5.41) is 10.7. The molecule has 1 aromatic heterocycles. The van der Waals surface area contributed by atoms with E-state index in [0.29, 0.717) is 11.1 Å². The third-order valence-electron chi connectivity index (χ3n) is 8.92. The smallest absolute Gasteiger partial charge is 0.170 e. The van der Waals surface area contributed by atoms with E-state index in [-0.39, 0.29) is 16.7 Å². The highest BCUT2D eigenvalue weighted by atomic mass is 35.5. The van der Waals surface area contributed by atoms with Gasteiger partial charge in [0, 0.05) is 43.7 Å². The van der Waals surface area contributed by atoms with Gasteiger partial charge in [-0.25, -0.2) is 4.39 Å².